The highest BCUT2D eigenvalue weighted by Gasteiger charge is 2.31. The topological polar surface area (TPSA) is 76.6 Å². The third-order valence-corrected chi connectivity index (χ3v) is 4.45. The quantitative estimate of drug-likeness (QED) is 0.857. The molecule has 3 rings (SSSR count). The van der Waals surface area contributed by atoms with E-state index < -0.39 is 0 Å². The molecule has 0 saturated carbocycles. The lowest BCUT2D eigenvalue weighted by Gasteiger charge is -2.25. The van der Waals surface area contributed by atoms with Gasteiger partial charge in [-0.05, 0) is 44.0 Å². The maximum atomic E-state index is 12.7. The maximum absolute atomic E-state index is 12.7. The number of anilines is 1. The molecule has 0 radical (unpaired) electrons. The van der Waals surface area contributed by atoms with Gasteiger partial charge in [0.1, 0.15) is 23.1 Å². The molecule has 1 fully saturated rings. The summed E-state index contributed by atoms with van der Waals surface area (Å²) in [7, 11) is 3.44. The van der Waals surface area contributed by atoms with E-state index in [-0.39, 0.29) is 18.6 Å². The molecule has 2 aromatic rings. The van der Waals surface area contributed by atoms with Gasteiger partial charge in [0.15, 0.2) is 6.61 Å². The molecule has 1 aliphatic rings. The van der Waals surface area contributed by atoms with Crippen molar-refractivity contribution in [1.29, 1.82) is 0 Å². The van der Waals surface area contributed by atoms with Gasteiger partial charge in [0.25, 0.3) is 5.91 Å². The van der Waals surface area contributed by atoms with Crippen LogP contribution < -0.4 is 14.8 Å². The van der Waals surface area contributed by atoms with E-state index in [1.165, 1.54) is 0 Å². The average Bonchev–Trinajstić information content (AvgIpc) is 3.16. The van der Waals surface area contributed by atoms with Crippen molar-refractivity contribution >= 4 is 11.7 Å². The van der Waals surface area contributed by atoms with Gasteiger partial charge < -0.3 is 19.7 Å². The number of aromatic nitrogens is 2. The Hall–Kier alpha value is -2.83. The Morgan fingerprint density at radius 3 is 2.69 bits per heavy atom. The highest BCUT2D eigenvalue weighted by atomic mass is 16.5. The summed E-state index contributed by atoms with van der Waals surface area (Å²) >= 11 is 0. The summed E-state index contributed by atoms with van der Waals surface area (Å²) in [4.78, 5) is 23.4. The van der Waals surface area contributed by atoms with Gasteiger partial charge in [-0.2, -0.15) is 0 Å². The predicted octanol–water partition coefficient (Wildman–Crippen LogP) is 2.58. The van der Waals surface area contributed by atoms with Gasteiger partial charge in [-0.25, -0.2) is 9.97 Å². The first kappa shape index (κ1) is 18.0. The van der Waals surface area contributed by atoms with Crippen LogP contribution in [0.15, 0.2) is 30.3 Å². The van der Waals surface area contributed by atoms with Crippen LogP contribution in [0.1, 0.15) is 30.4 Å². The third-order valence-electron chi connectivity index (χ3n) is 4.45. The second-order valence-corrected chi connectivity index (χ2v) is 6.18. The van der Waals surface area contributed by atoms with E-state index in [1.807, 2.05) is 24.9 Å². The Bertz CT molecular complexity index is 764. The van der Waals surface area contributed by atoms with E-state index in [0.29, 0.717) is 18.1 Å². The zero-order valence-electron chi connectivity index (χ0n) is 15.4. The average molecular weight is 356 g/mol. The molecule has 0 unspecified atom stereocenters. The standard InChI is InChI=1S/C19H24N4O3/c1-13-21-16(11-18(20-2)22-13)17-5-4-10-23(17)19(24)12-26-15-8-6-14(25-3)7-9-15/h6-9,11,17H,4-5,10,12H2,1-3H3,(H,20,21,22)/t17-/m0/s1. The number of carbonyl (C=O) groups excluding carboxylic acids is 1. The third kappa shape index (κ3) is 4.04. The maximum Gasteiger partial charge on any atom is 0.261 e. The van der Waals surface area contributed by atoms with Gasteiger partial charge in [0.05, 0.1) is 18.8 Å². The molecule has 0 bridgehead atoms. The van der Waals surface area contributed by atoms with E-state index >= 15 is 0 Å². The summed E-state index contributed by atoms with van der Waals surface area (Å²) in [5.41, 5.74) is 0.872. The Balaban J connectivity index is 1.67. The minimum absolute atomic E-state index is 0.00573. The number of hydrogen-bond acceptors (Lipinski definition) is 6. The molecule has 0 aliphatic carbocycles. The Kier molecular flexibility index (Phi) is 5.55. The molecule has 1 amide bonds. The van der Waals surface area contributed by atoms with Gasteiger partial charge in [-0.1, -0.05) is 0 Å². The number of nitrogens with one attached hydrogen (secondary N) is 1. The number of methoxy groups -OCH3 is 1. The number of rotatable bonds is 6. The first-order valence-electron chi connectivity index (χ1n) is 8.70. The van der Waals surface area contributed by atoms with Crippen LogP contribution in [0, 0.1) is 6.92 Å². The van der Waals surface area contributed by atoms with Crippen molar-refractivity contribution in [3.63, 3.8) is 0 Å². The highest BCUT2D eigenvalue weighted by Crippen LogP contribution is 2.31. The second kappa shape index (κ2) is 8.03. The Morgan fingerprint density at radius 2 is 2.00 bits per heavy atom. The van der Waals surface area contributed by atoms with Crippen LogP contribution >= 0.6 is 0 Å². The molecule has 1 saturated heterocycles. The van der Waals surface area contributed by atoms with Crippen LogP contribution in [0.3, 0.4) is 0 Å². The van der Waals surface area contributed by atoms with E-state index in [0.717, 1.165) is 30.1 Å². The Morgan fingerprint density at radius 1 is 1.27 bits per heavy atom. The van der Waals surface area contributed by atoms with Crippen molar-refractivity contribution in [3.05, 3.63) is 41.9 Å². The molecule has 26 heavy (non-hydrogen) atoms. The van der Waals surface area contributed by atoms with Crippen molar-refractivity contribution in [2.45, 2.75) is 25.8 Å². The minimum atomic E-state index is -0.0365. The van der Waals surface area contributed by atoms with E-state index in [2.05, 4.69) is 15.3 Å². The number of aryl methyl sites for hydroxylation is 1. The normalized spacial score (nSPS) is 16.4. The van der Waals surface area contributed by atoms with Crippen molar-refractivity contribution in [2.75, 3.05) is 32.6 Å². The molecule has 1 N–H and O–H groups in total. The largest absolute Gasteiger partial charge is 0.497 e. The molecule has 1 atom stereocenters. The van der Waals surface area contributed by atoms with E-state index in [1.54, 1.807) is 31.4 Å². The fourth-order valence-electron chi connectivity index (χ4n) is 3.16. The lowest BCUT2D eigenvalue weighted by atomic mass is 10.1. The molecular weight excluding hydrogens is 332 g/mol. The van der Waals surface area contributed by atoms with Gasteiger partial charge in [0, 0.05) is 19.7 Å². The minimum Gasteiger partial charge on any atom is -0.497 e. The molecule has 1 aliphatic heterocycles. The zero-order chi connectivity index (χ0) is 18.5. The van der Waals surface area contributed by atoms with E-state index in [9.17, 15) is 4.79 Å². The molecular formula is C19H24N4O3. The van der Waals surface area contributed by atoms with Crippen molar-refractivity contribution in [3.8, 4) is 11.5 Å². The first-order valence-corrected chi connectivity index (χ1v) is 8.70. The van der Waals surface area contributed by atoms with Gasteiger partial charge in [0.2, 0.25) is 0 Å². The predicted molar refractivity (Wildman–Crippen MR) is 98.5 cm³/mol. The van der Waals surface area contributed by atoms with Gasteiger partial charge in [-0.15, -0.1) is 0 Å². The monoisotopic (exact) mass is 356 g/mol. The highest BCUT2D eigenvalue weighted by molar-refractivity contribution is 5.78. The fraction of sp³-hybridized carbons (Fsp3) is 0.421. The second-order valence-electron chi connectivity index (χ2n) is 6.18. The molecule has 1 aromatic carbocycles. The zero-order valence-corrected chi connectivity index (χ0v) is 15.4. The molecule has 0 spiro atoms. The summed E-state index contributed by atoms with van der Waals surface area (Å²) in [5.74, 6) is 2.82. The summed E-state index contributed by atoms with van der Waals surface area (Å²) in [5, 5.41) is 3.04. The summed E-state index contributed by atoms with van der Waals surface area (Å²) < 4.78 is 10.8. The number of carbonyl (C=O) groups is 1. The number of ether oxygens (including phenoxy) is 2. The number of likely N-dealkylation sites (tertiary alicyclic amines) is 1. The number of hydrogen-bond donors (Lipinski definition) is 1. The van der Waals surface area contributed by atoms with Crippen LogP contribution in [-0.4, -0.2) is 48.1 Å². The van der Waals surface area contributed by atoms with Crippen LogP contribution in [0.4, 0.5) is 5.82 Å². The number of benzene rings is 1. The lowest BCUT2D eigenvalue weighted by Crippen LogP contribution is -2.35. The molecule has 2 heterocycles. The lowest BCUT2D eigenvalue weighted by molar-refractivity contribution is -0.134. The molecule has 138 valence electrons. The van der Waals surface area contributed by atoms with Gasteiger partial charge >= 0.3 is 0 Å². The van der Waals surface area contributed by atoms with E-state index in [4.69, 9.17) is 9.47 Å². The van der Waals surface area contributed by atoms with Crippen LogP contribution in [-0.2, 0) is 4.79 Å². The Labute approximate surface area is 153 Å². The molecule has 1 aromatic heterocycles. The van der Waals surface area contributed by atoms with Crippen molar-refractivity contribution < 1.29 is 14.3 Å². The summed E-state index contributed by atoms with van der Waals surface area (Å²) in [6.45, 7) is 2.58. The number of amides is 1. The van der Waals surface area contributed by atoms with Crippen LogP contribution in [0.5, 0.6) is 11.5 Å². The molecule has 7 heteroatoms. The SMILES string of the molecule is CNc1cc([C@@H]2CCCN2C(=O)COc2ccc(OC)cc2)nc(C)n1. The van der Waals surface area contributed by atoms with Crippen molar-refractivity contribution in [2.24, 2.45) is 0 Å². The first-order chi connectivity index (χ1) is 12.6. The number of nitrogens with zero attached hydrogens (tertiary/aromatic N) is 3. The van der Waals surface area contributed by atoms with Crippen LogP contribution in [0.2, 0.25) is 0 Å². The summed E-state index contributed by atoms with van der Waals surface area (Å²) in [6, 6.07) is 9.08. The molecule has 7 nitrogen and oxygen atoms in total. The smallest absolute Gasteiger partial charge is 0.261 e. The fourth-order valence-corrected chi connectivity index (χ4v) is 3.16. The van der Waals surface area contributed by atoms with Crippen LogP contribution in [0.25, 0.3) is 0 Å². The van der Waals surface area contributed by atoms with Crippen molar-refractivity contribution in [1.82, 2.24) is 14.9 Å². The summed E-state index contributed by atoms with van der Waals surface area (Å²) in [6.07, 6.45) is 1.85. The van der Waals surface area contributed by atoms with Gasteiger partial charge in [-0.3, -0.25) is 4.79 Å².